The normalized spacial score (nSPS) is 45.2. The van der Waals surface area contributed by atoms with Gasteiger partial charge in [-0.15, -0.1) is 0 Å². The average Bonchev–Trinajstić information content (AvgIpc) is 3.04. The van der Waals surface area contributed by atoms with Gasteiger partial charge in [-0.05, 0) is 110 Å². The first-order valence-corrected chi connectivity index (χ1v) is 15.2. The predicted molar refractivity (Wildman–Crippen MR) is 130 cm³/mol. The Hall–Kier alpha value is 0.110. The Bertz CT molecular complexity index is 704. The molecule has 0 heterocycles. The molecule has 0 unspecified atom stereocenters. The monoisotopic (exact) mass is 468 g/mol. The molecule has 0 bridgehead atoms. The van der Waals surface area contributed by atoms with Gasteiger partial charge in [0.15, 0.2) is 0 Å². The molecule has 0 aromatic heterocycles. The number of phosphoric ester groups is 1. The summed E-state index contributed by atoms with van der Waals surface area (Å²) >= 11 is 0. The van der Waals surface area contributed by atoms with Gasteiger partial charge in [-0.25, -0.2) is 4.57 Å². The average molecular weight is 469 g/mol. The summed E-state index contributed by atoms with van der Waals surface area (Å²) < 4.78 is 16.5. The smallest absolute Gasteiger partial charge is 0.303 e. The van der Waals surface area contributed by atoms with Crippen molar-refractivity contribution >= 4 is 7.82 Å². The second-order valence-electron chi connectivity index (χ2n) is 13.2. The summed E-state index contributed by atoms with van der Waals surface area (Å²) in [6.07, 6.45) is 14.8. The van der Waals surface area contributed by atoms with Crippen LogP contribution in [0.5, 0.6) is 0 Å². The zero-order chi connectivity index (χ0) is 23.3. The van der Waals surface area contributed by atoms with E-state index in [-0.39, 0.29) is 6.10 Å². The summed E-state index contributed by atoms with van der Waals surface area (Å²) in [6, 6.07) is 0. The quantitative estimate of drug-likeness (QED) is 0.378. The van der Waals surface area contributed by atoms with Crippen molar-refractivity contribution in [1.29, 1.82) is 0 Å². The largest absolute Gasteiger partial charge is 0.469 e. The molecule has 4 nitrogen and oxygen atoms in total. The molecule has 9 atom stereocenters. The van der Waals surface area contributed by atoms with Crippen molar-refractivity contribution in [3.05, 3.63) is 0 Å². The minimum absolute atomic E-state index is 0.262. The molecule has 0 saturated heterocycles. The van der Waals surface area contributed by atoms with E-state index in [1.807, 2.05) is 0 Å². The molecule has 4 rings (SSSR count). The van der Waals surface area contributed by atoms with E-state index in [2.05, 4.69) is 34.6 Å². The third-order valence-corrected chi connectivity index (χ3v) is 11.7. The first kappa shape index (κ1) is 25.2. The van der Waals surface area contributed by atoms with Crippen LogP contribution >= 0.6 is 7.82 Å². The van der Waals surface area contributed by atoms with Gasteiger partial charge >= 0.3 is 7.82 Å². The highest BCUT2D eigenvalue weighted by Gasteiger charge is 2.60. The van der Waals surface area contributed by atoms with Gasteiger partial charge in [0, 0.05) is 0 Å². The Labute approximate surface area is 196 Å². The van der Waals surface area contributed by atoms with Crippen LogP contribution in [0.15, 0.2) is 0 Å². The lowest BCUT2D eigenvalue weighted by Crippen LogP contribution is -2.54. The van der Waals surface area contributed by atoms with Crippen molar-refractivity contribution in [2.24, 2.45) is 52.3 Å². The third kappa shape index (κ3) is 4.77. The Morgan fingerprint density at radius 3 is 2.28 bits per heavy atom. The minimum atomic E-state index is -4.39. The molecule has 0 aromatic rings. The molecular formula is C27H49O4P. The Morgan fingerprint density at radius 1 is 0.906 bits per heavy atom. The zero-order valence-corrected chi connectivity index (χ0v) is 22.2. The molecular weight excluding hydrogens is 419 g/mol. The van der Waals surface area contributed by atoms with E-state index in [0.29, 0.717) is 16.7 Å². The highest BCUT2D eigenvalue weighted by molar-refractivity contribution is 7.46. The molecule has 4 aliphatic rings. The highest BCUT2D eigenvalue weighted by atomic mass is 31.2. The Morgan fingerprint density at radius 2 is 1.59 bits per heavy atom. The number of hydrogen-bond donors (Lipinski definition) is 2. The molecule has 186 valence electrons. The Balaban J connectivity index is 1.43. The second-order valence-corrected chi connectivity index (χ2v) is 14.4. The molecule has 2 N–H and O–H groups in total. The number of hydrogen-bond acceptors (Lipinski definition) is 2. The van der Waals surface area contributed by atoms with Crippen LogP contribution < -0.4 is 0 Å². The fraction of sp³-hybridized carbons (Fsp3) is 1.00. The van der Waals surface area contributed by atoms with Gasteiger partial charge in [0.2, 0.25) is 0 Å². The van der Waals surface area contributed by atoms with Crippen LogP contribution in [0.1, 0.15) is 112 Å². The van der Waals surface area contributed by atoms with Crippen LogP contribution in [-0.4, -0.2) is 15.9 Å². The van der Waals surface area contributed by atoms with Crippen molar-refractivity contribution in [2.45, 2.75) is 118 Å². The van der Waals surface area contributed by atoms with E-state index in [1.54, 1.807) is 0 Å². The van der Waals surface area contributed by atoms with E-state index in [9.17, 15) is 14.4 Å². The van der Waals surface area contributed by atoms with Gasteiger partial charge in [0.25, 0.3) is 0 Å². The van der Waals surface area contributed by atoms with Gasteiger partial charge in [0.05, 0.1) is 6.10 Å². The van der Waals surface area contributed by atoms with E-state index in [4.69, 9.17) is 4.52 Å². The molecule has 32 heavy (non-hydrogen) atoms. The molecule has 0 aliphatic heterocycles. The van der Waals surface area contributed by atoms with E-state index >= 15 is 0 Å². The molecule has 0 amide bonds. The van der Waals surface area contributed by atoms with E-state index in [0.717, 1.165) is 54.8 Å². The van der Waals surface area contributed by atoms with Crippen molar-refractivity contribution in [1.82, 2.24) is 0 Å². The standard InChI is InChI=1S/C27H49O4P/c1-18(2)7-6-8-19(3)23-11-12-24-22-10-9-20-17-21(31-32(28,29)30)13-15-26(20,4)25(22)14-16-27(23,24)5/h18-25H,6-17H2,1-5H3,(H2,28,29,30)/t19-,20+,21+,22+,23-,24+,25+,26+,27-/m1/s1. The van der Waals surface area contributed by atoms with Crippen LogP contribution in [0.2, 0.25) is 0 Å². The molecule has 4 aliphatic carbocycles. The summed E-state index contributed by atoms with van der Waals surface area (Å²) in [4.78, 5) is 18.6. The number of phosphoric acid groups is 1. The van der Waals surface area contributed by atoms with Gasteiger partial charge in [-0.1, -0.05) is 53.9 Å². The van der Waals surface area contributed by atoms with E-state index < -0.39 is 7.82 Å². The molecule has 4 saturated carbocycles. The van der Waals surface area contributed by atoms with Gasteiger partial charge in [-0.2, -0.15) is 0 Å². The molecule has 5 heteroatoms. The summed E-state index contributed by atoms with van der Waals surface area (Å²) in [5.41, 5.74) is 0.863. The van der Waals surface area contributed by atoms with Gasteiger partial charge in [0.1, 0.15) is 0 Å². The van der Waals surface area contributed by atoms with Crippen molar-refractivity contribution in [3.8, 4) is 0 Å². The highest BCUT2D eigenvalue weighted by Crippen LogP contribution is 2.68. The predicted octanol–water partition coefficient (Wildman–Crippen LogP) is 7.59. The minimum Gasteiger partial charge on any atom is -0.303 e. The third-order valence-electron chi connectivity index (χ3n) is 11.1. The molecule has 0 radical (unpaired) electrons. The first-order chi connectivity index (χ1) is 14.9. The van der Waals surface area contributed by atoms with Crippen LogP contribution in [0.25, 0.3) is 0 Å². The number of rotatable bonds is 7. The van der Waals surface area contributed by atoms with Gasteiger partial charge < -0.3 is 9.79 Å². The lowest BCUT2D eigenvalue weighted by Gasteiger charge is -2.61. The first-order valence-electron chi connectivity index (χ1n) is 13.7. The second kappa shape index (κ2) is 9.29. The van der Waals surface area contributed by atoms with Crippen LogP contribution in [0.3, 0.4) is 0 Å². The maximum Gasteiger partial charge on any atom is 0.469 e. The molecule has 4 fully saturated rings. The summed E-state index contributed by atoms with van der Waals surface area (Å²) in [5, 5.41) is 0. The molecule has 0 aromatic carbocycles. The zero-order valence-electron chi connectivity index (χ0n) is 21.3. The van der Waals surface area contributed by atoms with Crippen molar-refractivity contribution in [2.75, 3.05) is 0 Å². The number of fused-ring (bicyclic) bond motifs is 5. The van der Waals surface area contributed by atoms with E-state index in [1.165, 1.54) is 57.8 Å². The van der Waals surface area contributed by atoms with Crippen molar-refractivity contribution in [3.63, 3.8) is 0 Å². The lowest BCUT2D eigenvalue weighted by atomic mass is 9.44. The van der Waals surface area contributed by atoms with Crippen molar-refractivity contribution < 1.29 is 18.9 Å². The topological polar surface area (TPSA) is 66.8 Å². The lowest BCUT2D eigenvalue weighted by molar-refractivity contribution is -0.128. The SMILES string of the molecule is CC(C)CCC[C@@H](C)[C@H]1CC[C@H]2[C@@H]3CC[C@H]4C[C@@H](OP(=O)(O)O)CC[C@]4(C)[C@H]3CC[C@]12C. The Kier molecular flexibility index (Phi) is 7.32. The van der Waals surface area contributed by atoms with Crippen LogP contribution in [-0.2, 0) is 9.09 Å². The summed E-state index contributed by atoms with van der Waals surface area (Å²) in [7, 11) is -4.39. The fourth-order valence-electron chi connectivity index (χ4n) is 9.53. The maximum atomic E-state index is 11.4. The van der Waals surface area contributed by atoms with Crippen LogP contribution in [0.4, 0.5) is 0 Å². The maximum absolute atomic E-state index is 11.4. The van der Waals surface area contributed by atoms with Gasteiger partial charge in [-0.3, -0.25) is 4.52 Å². The summed E-state index contributed by atoms with van der Waals surface area (Å²) in [5.74, 6) is 5.69. The summed E-state index contributed by atoms with van der Waals surface area (Å²) in [6.45, 7) is 12.4. The fourth-order valence-corrected chi connectivity index (χ4v) is 10.1. The van der Waals surface area contributed by atoms with Crippen LogP contribution in [0, 0.1) is 52.3 Å². The molecule has 0 spiro atoms.